The smallest absolute Gasteiger partial charge is 0.407 e. The van der Waals surface area contributed by atoms with Crippen LogP contribution in [0.25, 0.3) is 0 Å². The fourth-order valence-electron chi connectivity index (χ4n) is 2.63. The summed E-state index contributed by atoms with van der Waals surface area (Å²) in [6.45, 7) is 16.1. The van der Waals surface area contributed by atoms with Gasteiger partial charge in [0, 0.05) is 12.1 Å². The quantitative estimate of drug-likeness (QED) is 0.584. The monoisotopic (exact) mass is 314 g/mol. The van der Waals surface area contributed by atoms with E-state index in [9.17, 15) is 4.79 Å². The van der Waals surface area contributed by atoms with Crippen LogP contribution >= 0.6 is 0 Å². The summed E-state index contributed by atoms with van der Waals surface area (Å²) < 4.78 is 5.32. The Bertz CT molecular complexity index is 311. The van der Waals surface area contributed by atoms with Crippen molar-refractivity contribution >= 4 is 6.09 Å². The van der Waals surface area contributed by atoms with Crippen LogP contribution in [0.3, 0.4) is 0 Å². The Morgan fingerprint density at radius 2 is 1.73 bits per heavy atom. The van der Waals surface area contributed by atoms with E-state index in [0.717, 1.165) is 13.0 Å². The predicted octanol–water partition coefficient (Wildman–Crippen LogP) is 4.49. The van der Waals surface area contributed by atoms with E-state index in [0.29, 0.717) is 12.5 Å². The van der Waals surface area contributed by atoms with E-state index in [1.54, 1.807) is 0 Å². The molecule has 2 N–H and O–H groups in total. The average Bonchev–Trinajstić information content (AvgIpc) is 2.33. The first-order valence-corrected chi connectivity index (χ1v) is 8.80. The minimum absolute atomic E-state index is 0.0860. The third-order valence-electron chi connectivity index (χ3n) is 3.46. The second kappa shape index (κ2) is 10.1. The van der Waals surface area contributed by atoms with Crippen molar-refractivity contribution in [3.05, 3.63) is 0 Å². The lowest BCUT2D eigenvalue weighted by atomic mass is 9.90. The van der Waals surface area contributed by atoms with E-state index < -0.39 is 5.60 Å². The summed E-state index contributed by atoms with van der Waals surface area (Å²) in [4.78, 5) is 11.8. The molecule has 0 aromatic carbocycles. The molecule has 0 radical (unpaired) electrons. The molecule has 1 unspecified atom stereocenters. The number of unbranched alkanes of at least 4 members (excludes halogenated alkanes) is 3. The van der Waals surface area contributed by atoms with Crippen molar-refractivity contribution < 1.29 is 9.53 Å². The van der Waals surface area contributed by atoms with Crippen molar-refractivity contribution in [1.82, 2.24) is 10.6 Å². The number of amides is 1. The van der Waals surface area contributed by atoms with Gasteiger partial charge in [0.25, 0.3) is 0 Å². The van der Waals surface area contributed by atoms with Crippen LogP contribution < -0.4 is 10.6 Å². The number of rotatable bonds is 10. The zero-order chi connectivity index (χ0) is 17.2. The van der Waals surface area contributed by atoms with Gasteiger partial charge < -0.3 is 15.4 Å². The van der Waals surface area contributed by atoms with Crippen molar-refractivity contribution in [3.63, 3.8) is 0 Å². The number of nitrogens with one attached hydrogen (secondary N) is 2. The lowest BCUT2D eigenvalue weighted by Gasteiger charge is -2.33. The minimum Gasteiger partial charge on any atom is -0.444 e. The summed E-state index contributed by atoms with van der Waals surface area (Å²) in [7, 11) is 0. The summed E-state index contributed by atoms with van der Waals surface area (Å²) in [5.74, 6) is 0.577. The third kappa shape index (κ3) is 11.8. The molecule has 4 heteroatoms. The molecule has 0 aromatic heterocycles. The molecule has 4 nitrogen and oxygen atoms in total. The zero-order valence-electron chi connectivity index (χ0n) is 15.8. The Balaban J connectivity index is 4.33. The number of alkyl carbamates (subject to hydrolysis) is 1. The maximum Gasteiger partial charge on any atom is 0.407 e. The standard InChI is InChI=1S/C18H38N2O2/c1-8-9-10-11-12-20-18(7,13-15(2)3)14-19-16(21)22-17(4,5)6/h15,20H,8-14H2,1-7H3,(H,19,21). The maximum atomic E-state index is 11.8. The summed E-state index contributed by atoms with van der Waals surface area (Å²) in [5, 5.41) is 6.55. The molecule has 0 aliphatic carbocycles. The molecule has 0 aromatic rings. The molecule has 0 spiro atoms. The van der Waals surface area contributed by atoms with Crippen molar-refractivity contribution in [1.29, 1.82) is 0 Å². The van der Waals surface area contributed by atoms with Crippen molar-refractivity contribution in [3.8, 4) is 0 Å². The molecule has 22 heavy (non-hydrogen) atoms. The van der Waals surface area contributed by atoms with Gasteiger partial charge >= 0.3 is 6.09 Å². The first kappa shape index (κ1) is 21.2. The molecular weight excluding hydrogens is 276 g/mol. The SMILES string of the molecule is CCCCCCNC(C)(CNC(=O)OC(C)(C)C)CC(C)C. The molecule has 1 atom stereocenters. The Morgan fingerprint density at radius 1 is 1.09 bits per heavy atom. The lowest BCUT2D eigenvalue weighted by molar-refractivity contribution is 0.0507. The van der Waals surface area contributed by atoms with Gasteiger partial charge in [-0.05, 0) is 53.0 Å². The van der Waals surface area contributed by atoms with E-state index in [1.807, 2.05) is 20.8 Å². The van der Waals surface area contributed by atoms with Crippen LogP contribution in [-0.4, -0.2) is 30.3 Å². The molecular formula is C18H38N2O2. The van der Waals surface area contributed by atoms with Crippen LogP contribution in [0.2, 0.25) is 0 Å². The zero-order valence-corrected chi connectivity index (χ0v) is 15.8. The fraction of sp³-hybridized carbons (Fsp3) is 0.944. The van der Waals surface area contributed by atoms with Crippen LogP contribution in [0.15, 0.2) is 0 Å². The number of ether oxygens (including phenoxy) is 1. The molecule has 132 valence electrons. The van der Waals surface area contributed by atoms with Gasteiger partial charge in [-0.15, -0.1) is 0 Å². The van der Waals surface area contributed by atoms with E-state index >= 15 is 0 Å². The van der Waals surface area contributed by atoms with Gasteiger partial charge in [-0.2, -0.15) is 0 Å². The molecule has 0 rings (SSSR count). The van der Waals surface area contributed by atoms with Gasteiger partial charge in [-0.1, -0.05) is 40.0 Å². The Labute approximate surface area is 137 Å². The van der Waals surface area contributed by atoms with Crippen molar-refractivity contribution in [2.24, 2.45) is 5.92 Å². The molecule has 0 fully saturated rings. The maximum absolute atomic E-state index is 11.8. The predicted molar refractivity (Wildman–Crippen MR) is 94.2 cm³/mol. The number of carbonyl (C=O) groups excluding carboxylic acids is 1. The van der Waals surface area contributed by atoms with Gasteiger partial charge in [-0.25, -0.2) is 4.79 Å². The topological polar surface area (TPSA) is 50.4 Å². The Kier molecular flexibility index (Phi) is 9.74. The largest absolute Gasteiger partial charge is 0.444 e. The Morgan fingerprint density at radius 3 is 2.23 bits per heavy atom. The highest BCUT2D eigenvalue weighted by atomic mass is 16.6. The minimum atomic E-state index is -0.452. The highest BCUT2D eigenvalue weighted by Gasteiger charge is 2.26. The summed E-state index contributed by atoms with van der Waals surface area (Å²) in [6.07, 6.45) is 5.68. The van der Waals surface area contributed by atoms with E-state index in [1.165, 1.54) is 25.7 Å². The van der Waals surface area contributed by atoms with Crippen LogP contribution in [-0.2, 0) is 4.74 Å². The lowest BCUT2D eigenvalue weighted by Crippen LogP contribution is -2.53. The molecule has 0 aliphatic rings. The fourth-order valence-corrected chi connectivity index (χ4v) is 2.63. The number of hydrogen-bond donors (Lipinski definition) is 2. The first-order chi connectivity index (χ1) is 10.1. The molecule has 0 heterocycles. The molecule has 0 saturated heterocycles. The van der Waals surface area contributed by atoms with Crippen LogP contribution in [0.1, 0.15) is 80.6 Å². The highest BCUT2D eigenvalue weighted by Crippen LogP contribution is 2.16. The number of carbonyl (C=O) groups is 1. The molecule has 0 aliphatic heterocycles. The highest BCUT2D eigenvalue weighted by molar-refractivity contribution is 5.67. The van der Waals surface area contributed by atoms with E-state index in [4.69, 9.17) is 4.74 Å². The molecule has 0 bridgehead atoms. The van der Waals surface area contributed by atoms with Gasteiger partial charge in [0.05, 0.1) is 0 Å². The Hall–Kier alpha value is -0.770. The summed E-state index contributed by atoms with van der Waals surface area (Å²) in [6, 6.07) is 0. The van der Waals surface area contributed by atoms with Crippen LogP contribution in [0.5, 0.6) is 0 Å². The summed E-state index contributed by atoms with van der Waals surface area (Å²) in [5.41, 5.74) is -0.538. The van der Waals surface area contributed by atoms with Gasteiger partial charge in [0.1, 0.15) is 5.60 Å². The van der Waals surface area contributed by atoms with Crippen LogP contribution in [0.4, 0.5) is 4.79 Å². The second-order valence-corrected chi connectivity index (χ2v) is 8.00. The van der Waals surface area contributed by atoms with Gasteiger partial charge in [0.2, 0.25) is 0 Å². The van der Waals surface area contributed by atoms with Crippen LogP contribution in [0, 0.1) is 5.92 Å². The molecule has 1 amide bonds. The average molecular weight is 315 g/mol. The molecule has 0 saturated carbocycles. The third-order valence-corrected chi connectivity index (χ3v) is 3.46. The van der Waals surface area contributed by atoms with Gasteiger partial charge in [0.15, 0.2) is 0 Å². The van der Waals surface area contributed by atoms with E-state index in [2.05, 4.69) is 38.3 Å². The number of hydrogen-bond acceptors (Lipinski definition) is 3. The van der Waals surface area contributed by atoms with E-state index in [-0.39, 0.29) is 11.6 Å². The normalized spacial score (nSPS) is 14.7. The first-order valence-electron chi connectivity index (χ1n) is 8.80. The van der Waals surface area contributed by atoms with Crippen molar-refractivity contribution in [2.75, 3.05) is 13.1 Å². The van der Waals surface area contributed by atoms with Gasteiger partial charge in [-0.3, -0.25) is 0 Å². The second-order valence-electron chi connectivity index (χ2n) is 8.00. The summed E-state index contributed by atoms with van der Waals surface area (Å²) >= 11 is 0. The van der Waals surface area contributed by atoms with Crippen molar-refractivity contribution in [2.45, 2.75) is 91.7 Å².